The van der Waals surface area contributed by atoms with E-state index in [1.807, 2.05) is 6.07 Å². The number of carboxylic acids is 1. The highest BCUT2D eigenvalue weighted by molar-refractivity contribution is 5.94. The van der Waals surface area contributed by atoms with Gasteiger partial charge >= 0.3 is 12.1 Å². The number of phenols is 1. The van der Waals surface area contributed by atoms with Crippen molar-refractivity contribution in [2.24, 2.45) is 5.73 Å². The predicted octanol–water partition coefficient (Wildman–Crippen LogP) is 2.13. The molecule has 0 aliphatic carbocycles. The monoisotopic (exact) mass is 604 g/mol. The Bertz CT molecular complexity index is 1420. The SMILES string of the molecule is CN(C(=O)[C@H](Cc1ccc(O)cc1)NC(=O)OCc1ccccc1)[C@@H](CCC(=O)O)C(=O)N[C@@H](Cc1ccccc1)C(N)=O. The summed E-state index contributed by atoms with van der Waals surface area (Å²) in [4.78, 5) is 64.7. The van der Waals surface area contributed by atoms with Gasteiger partial charge in [0, 0.05) is 26.3 Å². The number of amides is 4. The predicted molar refractivity (Wildman–Crippen MR) is 160 cm³/mol. The van der Waals surface area contributed by atoms with Gasteiger partial charge in [-0.25, -0.2) is 4.79 Å². The molecule has 44 heavy (non-hydrogen) atoms. The van der Waals surface area contributed by atoms with Crippen LogP contribution in [0.5, 0.6) is 5.75 Å². The van der Waals surface area contributed by atoms with E-state index in [2.05, 4.69) is 10.6 Å². The summed E-state index contributed by atoms with van der Waals surface area (Å²) in [5, 5.41) is 24.1. The molecular formula is C32H36N4O8. The van der Waals surface area contributed by atoms with Gasteiger partial charge in [0.05, 0.1) is 0 Å². The molecule has 0 aromatic heterocycles. The molecule has 12 nitrogen and oxygen atoms in total. The second kappa shape index (κ2) is 16.3. The van der Waals surface area contributed by atoms with Gasteiger partial charge in [-0.1, -0.05) is 72.8 Å². The number of rotatable bonds is 15. The van der Waals surface area contributed by atoms with E-state index in [0.29, 0.717) is 5.56 Å². The van der Waals surface area contributed by atoms with Crippen LogP contribution < -0.4 is 16.4 Å². The first-order valence-electron chi connectivity index (χ1n) is 13.9. The maximum absolute atomic E-state index is 13.8. The minimum Gasteiger partial charge on any atom is -0.508 e. The van der Waals surface area contributed by atoms with Crippen molar-refractivity contribution in [2.75, 3.05) is 7.05 Å². The minimum absolute atomic E-state index is 0.00823. The first-order valence-corrected chi connectivity index (χ1v) is 13.9. The third-order valence-electron chi connectivity index (χ3n) is 6.87. The molecule has 0 heterocycles. The summed E-state index contributed by atoms with van der Waals surface area (Å²) in [5.41, 5.74) is 7.60. The molecular weight excluding hydrogens is 568 g/mol. The number of aliphatic carboxylic acids is 1. The fourth-order valence-electron chi connectivity index (χ4n) is 4.48. The standard InChI is InChI=1S/C32H36N4O8/c1-36(27(16-17-28(38)39)30(41)34-25(29(33)40)18-21-8-4-2-5-9-21)31(42)26(19-22-12-14-24(37)15-13-22)35-32(43)44-20-23-10-6-3-7-11-23/h2-15,25-27,37H,16-20H2,1H3,(H2,33,40)(H,34,41)(H,35,43)(H,38,39)/t25-,26-,27-/m0/s1. The second-order valence-corrected chi connectivity index (χ2v) is 10.2. The molecule has 0 spiro atoms. The average Bonchev–Trinajstić information content (AvgIpc) is 3.01. The zero-order valence-corrected chi connectivity index (χ0v) is 24.2. The Morgan fingerprint density at radius 3 is 1.91 bits per heavy atom. The third-order valence-corrected chi connectivity index (χ3v) is 6.87. The summed E-state index contributed by atoms with van der Waals surface area (Å²) in [7, 11) is 1.31. The molecule has 3 aromatic rings. The molecule has 0 bridgehead atoms. The molecule has 0 aliphatic rings. The summed E-state index contributed by atoms with van der Waals surface area (Å²) in [5.74, 6) is -3.48. The number of nitrogens with one attached hydrogen (secondary N) is 2. The number of alkyl carbamates (subject to hydrolysis) is 1. The molecule has 0 unspecified atom stereocenters. The molecule has 6 N–H and O–H groups in total. The molecule has 232 valence electrons. The number of nitrogens with zero attached hydrogens (tertiary/aromatic N) is 1. The number of carboxylic acid groups (broad SMARTS) is 1. The van der Waals surface area contributed by atoms with Crippen LogP contribution in [0, 0.1) is 0 Å². The first-order chi connectivity index (χ1) is 21.0. The lowest BCUT2D eigenvalue weighted by molar-refractivity contribution is -0.143. The summed E-state index contributed by atoms with van der Waals surface area (Å²) in [6.45, 7) is -0.0534. The molecule has 3 atom stereocenters. The average molecular weight is 605 g/mol. The topological polar surface area (TPSA) is 188 Å². The Kier molecular flexibility index (Phi) is 12.3. The quantitative estimate of drug-likeness (QED) is 0.174. The maximum atomic E-state index is 13.8. The number of phenolic OH excluding ortho intramolecular Hbond substituents is 1. The van der Waals surface area contributed by atoms with E-state index in [0.717, 1.165) is 16.0 Å². The van der Waals surface area contributed by atoms with Gasteiger partial charge in [0.25, 0.3) is 0 Å². The summed E-state index contributed by atoms with van der Waals surface area (Å²) in [6.07, 6.45) is -1.56. The van der Waals surface area contributed by atoms with E-state index in [1.54, 1.807) is 66.7 Å². The number of likely N-dealkylation sites (N-methyl/N-ethyl adjacent to an activating group) is 1. The molecule has 0 fully saturated rings. The number of primary amides is 1. The first kappa shape index (κ1) is 33.1. The number of carbonyl (C=O) groups excluding carboxylic acids is 4. The van der Waals surface area contributed by atoms with Gasteiger partial charge in [-0.05, 0) is 35.2 Å². The van der Waals surface area contributed by atoms with E-state index in [1.165, 1.54) is 19.2 Å². The van der Waals surface area contributed by atoms with Gasteiger partial charge in [-0.3, -0.25) is 19.2 Å². The number of hydrogen-bond donors (Lipinski definition) is 5. The van der Waals surface area contributed by atoms with Crippen LogP contribution in [0.1, 0.15) is 29.5 Å². The van der Waals surface area contributed by atoms with E-state index in [4.69, 9.17) is 10.5 Å². The fraction of sp³-hybridized carbons (Fsp3) is 0.281. The molecule has 3 aromatic carbocycles. The van der Waals surface area contributed by atoms with E-state index in [9.17, 15) is 34.2 Å². The van der Waals surface area contributed by atoms with Gasteiger partial charge in [0.1, 0.15) is 30.5 Å². The van der Waals surface area contributed by atoms with Gasteiger partial charge in [-0.15, -0.1) is 0 Å². The van der Waals surface area contributed by atoms with Crippen molar-refractivity contribution in [3.8, 4) is 5.75 Å². The summed E-state index contributed by atoms with van der Waals surface area (Å²) in [6, 6.07) is 20.1. The van der Waals surface area contributed by atoms with Crippen molar-refractivity contribution in [2.45, 2.75) is 50.4 Å². The van der Waals surface area contributed by atoms with Crippen molar-refractivity contribution >= 4 is 29.8 Å². The highest BCUT2D eigenvalue weighted by Gasteiger charge is 2.34. The second-order valence-electron chi connectivity index (χ2n) is 10.2. The Hall–Kier alpha value is -5.39. The van der Waals surface area contributed by atoms with Crippen molar-refractivity contribution in [3.05, 3.63) is 102 Å². The van der Waals surface area contributed by atoms with Crippen molar-refractivity contribution in [3.63, 3.8) is 0 Å². The molecule has 0 aliphatic heterocycles. The Morgan fingerprint density at radius 2 is 1.34 bits per heavy atom. The maximum Gasteiger partial charge on any atom is 0.408 e. The number of benzene rings is 3. The summed E-state index contributed by atoms with van der Waals surface area (Å²) < 4.78 is 5.30. The van der Waals surface area contributed by atoms with E-state index < -0.39 is 54.3 Å². The van der Waals surface area contributed by atoms with Crippen LogP contribution in [-0.2, 0) is 43.4 Å². The lowest BCUT2D eigenvalue weighted by atomic mass is 10.0. The van der Waals surface area contributed by atoms with Crippen LogP contribution in [0.3, 0.4) is 0 Å². The molecule has 0 saturated heterocycles. The highest BCUT2D eigenvalue weighted by Crippen LogP contribution is 2.15. The van der Waals surface area contributed by atoms with Crippen LogP contribution in [0.2, 0.25) is 0 Å². The zero-order valence-electron chi connectivity index (χ0n) is 24.2. The highest BCUT2D eigenvalue weighted by atomic mass is 16.5. The molecule has 0 radical (unpaired) electrons. The molecule has 3 rings (SSSR count). The van der Waals surface area contributed by atoms with Crippen LogP contribution in [0.15, 0.2) is 84.9 Å². The number of aromatic hydroxyl groups is 1. The van der Waals surface area contributed by atoms with Gasteiger partial charge in [-0.2, -0.15) is 0 Å². The number of nitrogens with two attached hydrogens (primary N) is 1. The number of hydrogen-bond acceptors (Lipinski definition) is 7. The van der Waals surface area contributed by atoms with E-state index >= 15 is 0 Å². The van der Waals surface area contributed by atoms with Gasteiger partial charge in [0.2, 0.25) is 17.7 Å². The Balaban J connectivity index is 1.81. The van der Waals surface area contributed by atoms with Crippen LogP contribution >= 0.6 is 0 Å². The van der Waals surface area contributed by atoms with Crippen LogP contribution in [-0.4, -0.2) is 70.1 Å². The largest absolute Gasteiger partial charge is 0.508 e. The van der Waals surface area contributed by atoms with Gasteiger partial charge in [0.15, 0.2) is 0 Å². The smallest absolute Gasteiger partial charge is 0.408 e. The lowest BCUT2D eigenvalue weighted by Crippen LogP contribution is -2.57. The minimum atomic E-state index is -1.32. The number of carbonyl (C=O) groups is 5. The summed E-state index contributed by atoms with van der Waals surface area (Å²) >= 11 is 0. The fourth-order valence-corrected chi connectivity index (χ4v) is 4.48. The Morgan fingerprint density at radius 1 is 0.795 bits per heavy atom. The van der Waals surface area contributed by atoms with E-state index in [-0.39, 0.29) is 31.6 Å². The molecule has 0 saturated carbocycles. The van der Waals surface area contributed by atoms with Crippen LogP contribution in [0.4, 0.5) is 4.79 Å². The van der Waals surface area contributed by atoms with Crippen molar-refractivity contribution in [1.82, 2.24) is 15.5 Å². The molecule has 4 amide bonds. The lowest BCUT2D eigenvalue weighted by Gasteiger charge is -2.31. The molecule has 12 heteroatoms. The number of ether oxygens (including phenoxy) is 1. The third kappa shape index (κ3) is 10.5. The Labute approximate surface area is 254 Å². The van der Waals surface area contributed by atoms with Crippen LogP contribution in [0.25, 0.3) is 0 Å². The zero-order chi connectivity index (χ0) is 32.1. The van der Waals surface area contributed by atoms with Crippen molar-refractivity contribution in [1.29, 1.82) is 0 Å². The normalized spacial score (nSPS) is 12.7. The van der Waals surface area contributed by atoms with Gasteiger partial charge < -0.3 is 36.2 Å². The van der Waals surface area contributed by atoms with Crippen molar-refractivity contribution < 1.29 is 38.9 Å².